The van der Waals surface area contributed by atoms with Gasteiger partial charge in [-0.15, -0.1) is 10.2 Å². The molecule has 0 aliphatic heterocycles. The third-order valence-electron chi connectivity index (χ3n) is 6.45. The van der Waals surface area contributed by atoms with Gasteiger partial charge in [-0.1, -0.05) is 49.7 Å². The van der Waals surface area contributed by atoms with Crippen molar-refractivity contribution in [2.45, 2.75) is 44.2 Å². The molecule has 11 heteroatoms. The Bertz CT molecular complexity index is 1760. The first-order chi connectivity index (χ1) is 18.8. The number of ether oxygens (including phenoxy) is 1. The highest BCUT2D eigenvalue weighted by molar-refractivity contribution is 7.90. The Hall–Kier alpha value is -4.38. The fourth-order valence-electron chi connectivity index (χ4n) is 4.34. The summed E-state index contributed by atoms with van der Waals surface area (Å²) in [6.45, 7) is 2.72. The highest BCUT2D eigenvalue weighted by Crippen LogP contribution is 2.22. The van der Waals surface area contributed by atoms with Crippen LogP contribution in [0.15, 0.2) is 76.4 Å². The van der Waals surface area contributed by atoms with Crippen molar-refractivity contribution in [3.8, 4) is 17.1 Å². The van der Waals surface area contributed by atoms with E-state index in [2.05, 4.69) is 27.5 Å². The summed E-state index contributed by atoms with van der Waals surface area (Å²) in [4.78, 5) is 18.4. The van der Waals surface area contributed by atoms with E-state index in [1.165, 1.54) is 12.1 Å². The zero-order valence-corrected chi connectivity index (χ0v) is 22.5. The van der Waals surface area contributed by atoms with E-state index < -0.39 is 9.84 Å². The molecule has 0 aliphatic rings. The molecule has 5 aromatic rings. The molecule has 200 valence electrons. The predicted molar refractivity (Wildman–Crippen MR) is 147 cm³/mol. The number of tetrazole rings is 1. The highest BCUT2D eigenvalue weighted by Gasteiger charge is 2.15. The quantitative estimate of drug-likeness (QED) is 0.279. The van der Waals surface area contributed by atoms with E-state index in [4.69, 9.17) is 9.72 Å². The largest absolute Gasteiger partial charge is 0.489 e. The number of rotatable bonds is 10. The van der Waals surface area contributed by atoms with Crippen LogP contribution in [0.1, 0.15) is 36.7 Å². The van der Waals surface area contributed by atoms with Crippen molar-refractivity contribution in [2.75, 3.05) is 6.26 Å². The third kappa shape index (κ3) is 5.88. The maximum Gasteiger partial charge on any atom is 0.261 e. The molecule has 1 N–H and O–H groups in total. The molecule has 10 nitrogen and oxygen atoms in total. The first kappa shape index (κ1) is 26.2. The van der Waals surface area contributed by atoms with Gasteiger partial charge in [-0.05, 0) is 47.5 Å². The maximum absolute atomic E-state index is 13.5. The number of nitrogens with one attached hydrogen (secondary N) is 1. The van der Waals surface area contributed by atoms with Gasteiger partial charge in [0.2, 0.25) is 5.82 Å². The second-order valence-corrected chi connectivity index (χ2v) is 11.3. The van der Waals surface area contributed by atoms with E-state index in [1.54, 1.807) is 10.6 Å². The second kappa shape index (κ2) is 11.2. The van der Waals surface area contributed by atoms with E-state index in [0.717, 1.165) is 35.8 Å². The van der Waals surface area contributed by atoms with Gasteiger partial charge in [-0.25, -0.2) is 13.4 Å². The number of aryl methyl sites for hydroxylation is 1. The molecule has 0 unspecified atom stereocenters. The van der Waals surface area contributed by atoms with Crippen LogP contribution >= 0.6 is 0 Å². The van der Waals surface area contributed by atoms with Crippen molar-refractivity contribution < 1.29 is 13.2 Å². The highest BCUT2D eigenvalue weighted by atomic mass is 32.2. The number of sulfone groups is 1. The maximum atomic E-state index is 13.5. The van der Waals surface area contributed by atoms with Crippen molar-refractivity contribution >= 4 is 20.7 Å². The van der Waals surface area contributed by atoms with Crippen molar-refractivity contribution in [1.82, 2.24) is 30.2 Å². The van der Waals surface area contributed by atoms with Crippen molar-refractivity contribution in [3.63, 3.8) is 0 Å². The summed E-state index contributed by atoms with van der Waals surface area (Å²) in [5, 5.41) is 14.5. The molecule has 5 rings (SSSR count). The Morgan fingerprint density at radius 1 is 1.03 bits per heavy atom. The molecular formula is C28H28N6O4S. The summed E-state index contributed by atoms with van der Waals surface area (Å²) in [5.41, 5.74) is 2.90. The molecule has 0 saturated carbocycles. The van der Waals surface area contributed by atoms with Crippen LogP contribution in [-0.4, -0.2) is 44.8 Å². The number of unbranched alkanes of at least 4 members (excludes halogenated alkanes) is 1. The van der Waals surface area contributed by atoms with Gasteiger partial charge >= 0.3 is 0 Å². The lowest BCUT2D eigenvalue weighted by atomic mass is 10.1. The number of H-pyrrole nitrogens is 1. The molecule has 3 aromatic carbocycles. The summed E-state index contributed by atoms with van der Waals surface area (Å²) in [7, 11) is -3.45. The van der Waals surface area contributed by atoms with Gasteiger partial charge in [0.1, 0.15) is 18.2 Å². The van der Waals surface area contributed by atoms with Crippen LogP contribution in [0.5, 0.6) is 5.75 Å². The van der Waals surface area contributed by atoms with Gasteiger partial charge in [-0.2, -0.15) is 5.21 Å². The van der Waals surface area contributed by atoms with E-state index in [0.29, 0.717) is 47.9 Å². The van der Waals surface area contributed by atoms with Gasteiger partial charge in [0, 0.05) is 23.8 Å². The van der Waals surface area contributed by atoms with Gasteiger partial charge in [0.05, 0.1) is 22.3 Å². The lowest BCUT2D eigenvalue weighted by Crippen LogP contribution is -2.26. The molecule has 0 saturated heterocycles. The summed E-state index contributed by atoms with van der Waals surface area (Å²) >= 11 is 0. The van der Waals surface area contributed by atoms with Crippen LogP contribution in [0, 0.1) is 0 Å². The predicted octanol–water partition coefficient (Wildman–Crippen LogP) is 3.95. The SMILES string of the molecule is CCCCc1nc2ccc(S(C)(=O)=O)cc2c(=O)n1Cc1ccc(OCc2ccccc2-c2nn[nH]n2)cc1. The van der Waals surface area contributed by atoms with E-state index in [9.17, 15) is 13.2 Å². The fourth-order valence-corrected chi connectivity index (χ4v) is 4.99. The normalized spacial score (nSPS) is 11.6. The summed E-state index contributed by atoms with van der Waals surface area (Å²) in [6, 6.07) is 19.8. The topological polar surface area (TPSA) is 133 Å². The van der Waals surface area contributed by atoms with Gasteiger partial charge in [0.15, 0.2) is 9.84 Å². The number of aromatic amines is 1. The number of aromatic nitrogens is 6. The molecule has 2 aromatic heterocycles. The Balaban J connectivity index is 1.39. The third-order valence-corrected chi connectivity index (χ3v) is 7.56. The van der Waals surface area contributed by atoms with Crippen LogP contribution in [-0.2, 0) is 29.4 Å². The van der Waals surface area contributed by atoms with Gasteiger partial charge in [0.25, 0.3) is 5.56 Å². The lowest BCUT2D eigenvalue weighted by molar-refractivity contribution is 0.306. The van der Waals surface area contributed by atoms with E-state index in [1.807, 2.05) is 48.5 Å². The zero-order valence-electron chi connectivity index (χ0n) is 21.7. The fraction of sp³-hybridized carbons (Fsp3) is 0.250. The van der Waals surface area contributed by atoms with Crippen LogP contribution in [0.25, 0.3) is 22.3 Å². The van der Waals surface area contributed by atoms with Gasteiger partial charge in [-0.3, -0.25) is 9.36 Å². The molecule has 0 aliphatic carbocycles. The summed E-state index contributed by atoms with van der Waals surface area (Å²) in [6.07, 6.45) is 3.63. The Kier molecular flexibility index (Phi) is 7.51. The minimum absolute atomic E-state index is 0.101. The van der Waals surface area contributed by atoms with Crippen LogP contribution in [0.2, 0.25) is 0 Å². The Morgan fingerprint density at radius 2 is 1.82 bits per heavy atom. The van der Waals surface area contributed by atoms with Crippen molar-refractivity contribution in [1.29, 1.82) is 0 Å². The monoisotopic (exact) mass is 544 g/mol. The number of benzene rings is 3. The minimum Gasteiger partial charge on any atom is -0.489 e. The van der Waals surface area contributed by atoms with Crippen molar-refractivity contribution in [3.05, 3.63) is 94.0 Å². The molecule has 2 heterocycles. The summed E-state index contributed by atoms with van der Waals surface area (Å²) in [5.74, 6) is 1.86. The van der Waals surface area contributed by atoms with E-state index >= 15 is 0 Å². The average Bonchev–Trinajstić information content (AvgIpc) is 3.48. The minimum atomic E-state index is -3.45. The number of nitrogens with zero attached hydrogens (tertiary/aromatic N) is 5. The molecule has 0 atom stereocenters. The van der Waals surface area contributed by atoms with Crippen molar-refractivity contribution in [2.24, 2.45) is 0 Å². The zero-order chi connectivity index (χ0) is 27.4. The Morgan fingerprint density at radius 3 is 2.54 bits per heavy atom. The van der Waals surface area contributed by atoms with E-state index in [-0.39, 0.29) is 10.5 Å². The van der Waals surface area contributed by atoms with Crippen LogP contribution in [0.3, 0.4) is 0 Å². The molecule has 0 spiro atoms. The smallest absolute Gasteiger partial charge is 0.261 e. The van der Waals surface area contributed by atoms with Crippen LogP contribution in [0.4, 0.5) is 0 Å². The molecule has 0 amide bonds. The molecule has 0 fully saturated rings. The summed E-state index contributed by atoms with van der Waals surface area (Å²) < 4.78 is 31.8. The molecule has 39 heavy (non-hydrogen) atoms. The van der Waals surface area contributed by atoms with Crippen LogP contribution < -0.4 is 10.3 Å². The average molecular weight is 545 g/mol. The second-order valence-electron chi connectivity index (χ2n) is 9.30. The Labute approximate surface area is 225 Å². The number of hydrogen-bond acceptors (Lipinski definition) is 8. The van der Waals surface area contributed by atoms with Gasteiger partial charge < -0.3 is 4.74 Å². The molecule has 0 radical (unpaired) electrons. The number of fused-ring (bicyclic) bond motifs is 1. The first-order valence-corrected chi connectivity index (χ1v) is 14.5. The molecular weight excluding hydrogens is 516 g/mol. The standard InChI is InChI=1S/C28H28N6O4S/c1-3-4-9-26-29-25-15-14-22(39(2,36)37)16-24(25)28(35)34(26)17-19-10-12-21(13-11-19)38-18-20-7-5-6-8-23(20)27-30-32-33-31-27/h5-8,10-16H,3-4,9,17-18H2,1-2H3,(H,30,31,32,33). The lowest BCUT2D eigenvalue weighted by Gasteiger charge is -2.15. The molecule has 0 bridgehead atoms. The number of hydrogen-bond donors (Lipinski definition) is 1. The first-order valence-electron chi connectivity index (χ1n) is 12.6.